The molecule has 4 rings (SSSR count). The van der Waals surface area contributed by atoms with E-state index in [1.807, 2.05) is 0 Å². The number of guanidine groups is 1. The van der Waals surface area contributed by atoms with Crippen LogP contribution in [-0.4, -0.2) is 29.1 Å². The zero-order valence-electron chi connectivity index (χ0n) is 14.2. The van der Waals surface area contributed by atoms with Crippen molar-refractivity contribution in [1.82, 2.24) is 15.6 Å². The molecule has 0 amide bonds. The van der Waals surface area contributed by atoms with E-state index in [9.17, 15) is 13.2 Å². The molecular weight excluding hydrogens is 345 g/mol. The number of nitrogens with two attached hydrogens (primary N) is 1. The van der Waals surface area contributed by atoms with Crippen LogP contribution in [-0.2, 0) is 6.18 Å². The van der Waals surface area contributed by atoms with Gasteiger partial charge in [0.15, 0.2) is 17.6 Å². The first-order valence-corrected chi connectivity index (χ1v) is 8.84. The Bertz CT molecular complexity index is 751. The lowest BCUT2D eigenvalue weighted by Crippen LogP contribution is -2.63. The van der Waals surface area contributed by atoms with Crippen molar-refractivity contribution in [3.05, 3.63) is 29.6 Å². The van der Waals surface area contributed by atoms with Gasteiger partial charge in [0.2, 0.25) is 0 Å². The third kappa shape index (κ3) is 4.14. The van der Waals surface area contributed by atoms with Crippen LogP contribution < -0.4 is 16.4 Å². The Kier molecular flexibility index (Phi) is 4.13. The molecule has 0 saturated heterocycles. The van der Waals surface area contributed by atoms with Crippen molar-refractivity contribution >= 4 is 11.8 Å². The smallest absolute Gasteiger partial charge is 0.319 e. The monoisotopic (exact) mass is 366 g/mol. The maximum Gasteiger partial charge on any atom is 0.433 e. The third-order valence-corrected chi connectivity index (χ3v) is 4.67. The van der Waals surface area contributed by atoms with Crippen LogP contribution in [0.1, 0.15) is 43.5 Å². The number of nitrogens with one attached hydrogen (secondary N) is 2. The highest BCUT2D eigenvalue weighted by atomic mass is 19.4. The summed E-state index contributed by atoms with van der Waals surface area (Å²) >= 11 is 0. The van der Waals surface area contributed by atoms with Crippen molar-refractivity contribution < 1.29 is 13.2 Å². The van der Waals surface area contributed by atoms with Crippen molar-refractivity contribution in [3.8, 4) is 0 Å². The minimum absolute atomic E-state index is 0.103. The molecule has 2 fully saturated rings. The van der Waals surface area contributed by atoms with E-state index < -0.39 is 17.7 Å². The fourth-order valence-corrected chi connectivity index (χ4v) is 2.91. The molecule has 3 aliphatic rings. The fraction of sp³-hybridized carbons (Fsp3) is 0.588. The predicted octanol–water partition coefficient (Wildman–Crippen LogP) is 2.22. The first-order valence-electron chi connectivity index (χ1n) is 8.84. The minimum Gasteiger partial charge on any atom is -0.319 e. The van der Waals surface area contributed by atoms with Gasteiger partial charge in [-0.1, -0.05) is 6.07 Å². The summed E-state index contributed by atoms with van der Waals surface area (Å²) in [6.45, 7) is 0.665. The van der Waals surface area contributed by atoms with E-state index in [4.69, 9.17) is 5.73 Å². The lowest BCUT2D eigenvalue weighted by atomic mass is 10.1. The number of nitrogens with zero attached hydrogens (tertiary/aromatic N) is 3. The van der Waals surface area contributed by atoms with E-state index in [2.05, 4.69) is 25.6 Å². The summed E-state index contributed by atoms with van der Waals surface area (Å²) in [5, 5.41) is 6.07. The molecule has 4 N–H and O–H groups in total. The van der Waals surface area contributed by atoms with Gasteiger partial charge >= 0.3 is 6.18 Å². The molecule has 1 unspecified atom stereocenters. The molecule has 6 nitrogen and oxygen atoms in total. The molecule has 140 valence electrons. The van der Waals surface area contributed by atoms with Gasteiger partial charge < -0.3 is 10.6 Å². The van der Waals surface area contributed by atoms with Crippen LogP contribution in [0.25, 0.3) is 0 Å². The molecule has 9 heteroatoms. The van der Waals surface area contributed by atoms with Crippen LogP contribution in [0.2, 0.25) is 0 Å². The average molecular weight is 366 g/mol. The highest BCUT2D eigenvalue weighted by Gasteiger charge is 2.38. The molecule has 0 bridgehead atoms. The zero-order chi connectivity index (χ0) is 18.4. The van der Waals surface area contributed by atoms with E-state index in [-0.39, 0.29) is 11.5 Å². The normalized spacial score (nSPS) is 27.7. The lowest BCUT2D eigenvalue weighted by Gasteiger charge is -2.34. The molecule has 1 aromatic heterocycles. The van der Waals surface area contributed by atoms with Crippen LogP contribution in [0.4, 0.5) is 13.2 Å². The quantitative estimate of drug-likeness (QED) is 0.746. The van der Waals surface area contributed by atoms with E-state index in [0.717, 1.165) is 31.7 Å². The third-order valence-electron chi connectivity index (χ3n) is 4.67. The van der Waals surface area contributed by atoms with Crippen LogP contribution in [0, 0.1) is 11.8 Å². The lowest BCUT2D eigenvalue weighted by molar-refractivity contribution is -0.141. The van der Waals surface area contributed by atoms with Crippen LogP contribution in [0.5, 0.6) is 0 Å². The Labute approximate surface area is 149 Å². The van der Waals surface area contributed by atoms with Gasteiger partial charge in [0, 0.05) is 13.0 Å². The van der Waals surface area contributed by atoms with Crippen LogP contribution in [0.15, 0.2) is 28.2 Å². The van der Waals surface area contributed by atoms with E-state index >= 15 is 0 Å². The number of amidine groups is 1. The average Bonchev–Trinajstić information content (AvgIpc) is 3.47. The van der Waals surface area contributed by atoms with Gasteiger partial charge in [0.1, 0.15) is 11.4 Å². The number of aromatic nitrogens is 1. The molecular formula is C17H21F3N6. The summed E-state index contributed by atoms with van der Waals surface area (Å²) in [5.74, 6) is 0.641. The van der Waals surface area contributed by atoms with Gasteiger partial charge in [-0.25, -0.2) is 9.98 Å². The molecule has 0 spiro atoms. The van der Waals surface area contributed by atoms with Gasteiger partial charge in [-0.3, -0.25) is 10.7 Å². The van der Waals surface area contributed by atoms with Crippen molar-refractivity contribution in [1.29, 1.82) is 0 Å². The molecule has 0 aromatic carbocycles. The second-order valence-corrected chi connectivity index (χ2v) is 7.32. The molecule has 1 atom stereocenters. The molecule has 2 aliphatic carbocycles. The Morgan fingerprint density at radius 1 is 1.19 bits per heavy atom. The van der Waals surface area contributed by atoms with Gasteiger partial charge in [-0.2, -0.15) is 13.2 Å². The molecule has 1 aromatic rings. The van der Waals surface area contributed by atoms with Gasteiger partial charge in [0.05, 0.1) is 0 Å². The van der Waals surface area contributed by atoms with E-state index in [1.54, 1.807) is 0 Å². The molecule has 26 heavy (non-hydrogen) atoms. The SMILES string of the molecule is NC1(CC2CC2)N=C(c2cccc(C(F)(F)F)n2)NC(=NCC2CC2)N1. The highest BCUT2D eigenvalue weighted by molar-refractivity contribution is 6.09. The van der Waals surface area contributed by atoms with Crippen LogP contribution >= 0.6 is 0 Å². The standard InChI is InChI=1S/C17H21F3N6/c18-17(19,20)13-3-1-2-12(23-13)14-24-15(22-9-11-6-7-11)26-16(21,25-14)8-10-4-5-10/h1-3,10-11H,4-9,21H2,(H2,22,24,25,26). The number of pyridine rings is 1. The van der Waals surface area contributed by atoms with Crippen molar-refractivity contribution in [2.45, 2.75) is 44.1 Å². The van der Waals surface area contributed by atoms with E-state index in [1.165, 1.54) is 12.1 Å². The number of hydrogen-bond acceptors (Lipinski definition) is 4. The van der Waals surface area contributed by atoms with Crippen molar-refractivity contribution in [2.75, 3.05) is 6.54 Å². The second kappa shape index (κ2) is 6.22. The van der Waals surface area contributed by atoms with E-state index in [0.29, 0.717) is 30.8 Å². The minimum atomic E-state index is -4.51. The Balaban J connectivity index is 1.64. The maximum absolute atomic E-state index is 13.0. The molecule has 2 saturated carbocycles. The largest absolute Gasteiger partial charge is 0.433 e. The number of halogens is 3. The summed E-state index contributed by atoms with van der Waals surface area (Å²) in [7, 11) is 0. The van der Waals surface area contributed by atoms with Gasteiger partial charge in [-0.05, 0) is 49.7 Å². The highest BCUT2D eigenvalue weighted by Crippen LogP contribution is 2.36. The zero-order valence-corrected chi connectivity index (χ0v) is 14.2. The summed E-state index contributed by atoms with van der Waals surface area (Å²) in [5.41, 5.74) is 5.54. The summed E-state index contributed by atoms with van der Waals surface area (Å²) in [4.78, 5) is 12.7. The predicted molar refractivity (Wildman–Crippen MR) is 91.3 cm³/mol. The van der Waals surface area contributed by atoms with Crippen molar-refractivity contribution in [3.63, 3.8) is 0 Å². The van der Waals surface area contributed by atoms with Gasteiger partial charge in [-0.15, -0.1) is 0 Å². The summed E-state index contributed by atoms with van der Waals surface area (Å²) in [6.07, 6.45) is 0.593. The molecule has 1 aliphatic heterocycles. The first kappa shape index (κ1) is 17.3. The molecule has 2 heterocycles. The summed E-state index contributed by atoms with van der Waals surface area (Å²) in [6, 6.07) is 3.74. The Hall–Kier alpha value is -2.16. The number of aliphatic imine (C=N–C) groups is 2. The Morgan fingerprint density at radius 2 is 1.92 bits per heavy atom. The number of hydrogen-bond donors (Lipinski definition) is 3. The van der Waals surface area contributed by atoms with Gasteiger partial charge in [0.25, 0.3) is 0 Å². The van der Waals surface area contributed by atoms with Crippen LogP contribution in [0.3, 0.4) is 0 Å². The summed E-state index contributed by atoms with van der Waals surface area (Å²) < 4.78 is 38.9. The molecule has 0 radical (unpaired) electrons. The topological polar surface area (TPSA) is 87.7 Å². The first-order chi connectivity index (χ1) is 12.3. The fourth-order valence-electron chi connectivity index (χ4n) is 2.91. The van der Waals surface area contributed by atoms with Crippen molar-refractivity contribution in [2.24, 2.45) is 27.6 Å². The second-order valence-electron chi connectivity index (χ2n) is 7.32. The Morgan fingerprint density at radius 3 is 2.58 bits per heavy atom. The maximum atomic E-state index is 13.0. The number of rotatable bonds is 5. The number of alkyl halides is 3.